The summed E-state index contributed by atoms with van der Waals surface area (Å²) >= 11 is 0. The van der Waals surface area contributed by atoms with E-state index in [1.807, 2.05) is 31.2 Å². The van der Waals surface area contributed by atoms with Crippen LogP contribution >= 0.6 is 0 Å². The summed E-state index contributed by atoms with van der Waals surface area (Å²) in [4.78, 5) is 9.00. The lowest BCUT2D eigenvalue weighted by Crippen LogP contribution is -2.08. The average molecular weight is 362 g/mol. The molecule has 0 aliphatic rings. The summed E-state index contributed by atoms with van der Waals surface area (Å²) in [7, 11) is 1.68. The maximum atomic E-state index is 5.19. The number of nitrogens with one attached hydrogen (secondary N) is 2. The van der Waals surface area contributed by atoms with Gasteiger partial charge >= 0.3 is 0 Å². The Morgan fingerprint density at radius 2 is 1.67 bits per heavy atom. The van der Waals surface area contributed by atoms with Crippen LogP contribution < -0.4 is 15.4 Å². The predicted molar refractivity (Wildman–Crippen MR) is 111 cm³/mol. The highest BCUT2D eigenvalue weighted by Gasteiger charge is 2.05. The van der Waals surface area contributed by atoms with Crippen LogP contribution in [-0.4, -0.2) is 23.6 Å². The van der Waals surface area contributed by atoms with Crippen molar-refractivity contribution in [3.63, 3.8) is 0 Å². The van der Waals surface area contributed by atoms with E-state index >= 15 is 0 Å². The Bertz CT molecular complexity index is 907. The molecule has 2 aromatic carbocycles. The number of hydrogen-bond acceptors (Lipinski definition) is 5. The highest BCUT2D eigenvalue weighted by atomic mass is 16.5. The summed E-state index contributed by atoms with van der Waals surface area (Å²) in [6, 6.07) is 16.3. The molecule has 0 atom stereocenters. The van der Waals surface area contributed by atoms with Crippen LogP contribution in [0, 0.1) is 20.8 Å². The van der Waals surface area contributed by atoms with Gasteiger partial charge in [0, 0.05) is 18.3 Å². The molecule has 0 unspecified atom stereocenters. The van der Waals surface area contributed by atoms with Crippen LogP contribution in [0.1, 0.15) is 22.5 Å². The van der Waals surface area contributed by atoms with Crippen molar-refractivity contribution >= 4 is 17.3 Å². The third-order valence-electron chi connectivity index (χ3n) is 4.58. The molecule has 0 saturated carbocycles. The molecule has 0 aliphatic carbocycles. The molecular weight excluding hydrogens is 336 g/mol. The molecule has 0 saturated heterocycles. The van der Waals surface area contributed by atoms with Gasteiger partial charge in [0.05, 0.1) is 7.11 Å². The fourth-order valence-electron chi connectivity index (χ4n) is 2.87. The Balaban J connectivity index is 1.65. The maximum Gasteiger partial charge on any atom is 0.136 e. The molecule has 0 aliphatic heterocycles. The first-order chi connectivity index (χ1) is 13.0. The van der Waals surface area contributed by atoms with E-state index in [0.29, 0.717) is 0 Å². The van der Waals surface area contributed by atoms with Gasteiger partial charge in [0.25, 0.3) is 0 Å². The molecule has 5 heteroatoms. The lowest BCUT2D eigenvalue weighted by molar-refractivity contribution is 0.414. The minimum Gasteiger partial charge on any atom is -0.497 e. The van der Waals surface area contributed by atoms with Gasteiger partial charge in [-0.15, -0.1) is 0 Å². The standard InChI is InChI=1S/C22H26N4O/c1-15-6-5-7-20(16(15)2)26-22-14-21(24-17(3)25-22)23-13-12-18-8-10-19(27-4)11-9-18/h5-11,14H,12-13H2,1-4H3,(H2,23,24,25,26). The summed E-state index contributed by atoms with van der Waals surface area (Å²) < 4.78 is 5.19. The molecule has 0 fully saturated rings. The predicted octanol–water partition coefficient (Wildman–Crippen LogP) is 4.81. The monoisotopic (exact) mass is 362 g/mol. The minimum absolute atomic E-state index is 0.734. The fraction of sp³-hybridized carbons (Fsp3) is 0.273. The molecule has 1 heterocycles. The van der Waals surface area contributed by atoms with Crippen LogP contribution in [0.15, 0.2) is 48.5 Å². The van der Waals surface area contributed by atoms with Crippen LogP contribution in [0.3, 0.4) is 0 Å². The zero-order chi connectivity index (χ0) is 19.2. The van der Waals surface area contributed by atoms with Crippen molar-refractivity contribution in [3.8, 4) is 5.75 Å². The van der Waals surface area contributed by atoms with Gasteiger partial charge in [-0.05, 0) is 62.1 Å². The Hall–Kier alpha value is -3.08. The zero-order valence-corrected chi connectivity index (χ0v) is 16.3. The number of nitrogens with zero attached hydrogens (tertiary/aromatic N) is 2. The van der Waals surface area contributed by atoms with Gasteiger partial charge in [-0.3, -0.25) is 0 Å². The van der Waals surface area contributed by atoms with Crippen molar-refractivity contribution in [2.45, 2.75) is 27.2 Å². The zero-order valence-electron chi connectivity index (χ0n) is 16.3. The van der Waals surface area contributed by atoms with Gasteiger partial charge < -0.3 is 15.4 Å². The van der Waals surface area contributed by atoms with Crippen molar-refractivity contribution in [3.05, 3.63) is 71.0 Å². The van der Waals surface area contributed by atoms with E-state index in [4.69, 9.17) is 4.74 Å². The summed E-state index contributed by atoms with van der Waals surface area (Å²) in [5.41, 5.74) is 4.80. The van der Waals surface area contributed by atoms with Gasteiger partial charge in [-0.25, -0.2) is 9.97 Å². The topological polar surface area (TPSA) is 59.1 Å². The van der Waals surface area contributed by atoms with Crippen LogP contribution in [0.2, 0.25) is 0 Å². The van der Waals surface area contributed by atoms with E-state index in [1.54, 1.807) is 7.11 Å². The first-order valence-electron chi connectivity index (χ1n) is 9.11. The third-order valence-corrected chi connectivity index (χ3v) is 4.58. The maximum absolute atomic E-state index is 5.19. The number of benzene rings is 2. The molecule has 3 aromatic rings. The molecular formula is C22H26N4O. The van der Waals surface area contributed by atoms with E-state index in [1.165, 1.54) is 16.7 Å². The molecule has 27 heavy (non-hydrogen) atoms. The van der Waals surface area contributed by atoms with Gasteiger partial charge in [-0.2, -0.15) is 0 Å². The van der Waals surface area contributed by atoms with Gasteiger partial charge in [0.1, 0.15) is 23.2 Å². The molecule has 0 bridgehead atoms. The molecule has 2 N–H and O–H groups in total. The fourth-order valence-corrected chi connectivity index (χ4v) is 2.87. The minimum atomic E-state index is 0.734. The van der Waals surface area contributed by atoms with Crippen molar-refractivity contribution in [2.75, 3.05) is 24.3 Å². The van der Waals surface area contributed by atoms with E-state index in [9.17, 15) is 0 Å². The second-order valence-corrected chi connectivity index (χ2v) is 6.58. The van der Waals surface area contributed by atoms with Crippen molar-refractivity contribution in [1.82, 2.24) is 9.97 Å². The SMILES string of the molecule is COc1ccc(CCNc2cc(Nc3cccc(C)c3C)nc(C)n2)cc1. The highest BCUT2D eigenvalue weighted by molar-refractivity contribution is 5.63. The van der Waals surface area contributed by atoms with Crippen LogP contribution in [0.4, 0.5) is 17.3 Å². The number of aryl methyl sites for hydroxylation is 2. The molecule has 0 spiro atoms. The normalized spacial score (nSPS) is 10.5. The smallest absolute Gasteiger partial charge is 0.136 e. The first-order valence-corrected chi connectivity index (χ1v) is 9.11. The molecule has 140 valence electrons. The summed E-state index contributed by atoms with van der Waals surface area (Å²) in [6.07, 6.45) is 0.910. The largest absolute Gasteiger partial charge is 0.497 e. The van der Waals surface area contributed by atoms with E-state index in [2.05, 4.69) is 58.7 Å². The van der Waals surface area contributed by atoms with Crippen molar-refractivity contribution < 1.29 is 4.74 Å². The van der Waals surface area contributed by atoms with Crippen LogP contribution in [0.5, 0.6) is 5.75 Å². The van der Waals surface area contributed by atoms with Gasteiger partial charge in [-0.1, -0.05) is 24.3 Å². The lowest BCUT2D eigenvalue weighted by atomic mass is 10.1. The lowest BCUT2D eigenvalue weighted by Gasteiger charge is -2.13. The number of hydrogen-bond donors (Lipinski definition) is 2. The summed E-state index contributed by atoms with van der Waals surface area (Å²) in [5.74, 6) is 3.23. The van der Waals surface area contributed by atoms with Crippen LogP contribution in [-0.2, 0) is 6.42 Å². The second-order valence-electron chi connectivity index (χ2n) is 6.58. The molecule has 0 radical (unpaired) electrons. The number of aromatic nitrogens is 2. The van der Waals surface area contributed by atoms with E-state index < -0.39 is 0 Å². The highest BCUT2D eigenvalue weighted by Crippen LogP contribution is 2.23. The van der Waals surface area contributed by atoms with Gasteiger partial charge in [0.15, 0.2) is 0 Å². The molecule has 1 aromatic heterocycles. The number of rotatable bonds is 7. The first kappa shape index (κ1) is 18.7. The van der Waals surface area contributed by atoms with Crippen molar-refractivity contribution in [2.24, 2.45) is 0 Å². The Kier molecular flexibility index (Phi) is 5.91. The molecule has 5 nitrogen and oxygen atoms in total. The number of anilines is 3. The Morgan fingerprint density at radius 3 is 2.41 bits per heavy atom. The summed E-state index contributed by atoms with van der Waals surface area (Å²) in [6.45, 7) is 6.92. The van der Waals surface area contributed by atoms with Crippen LogP contribution in [0.25, 0.3) is 0 Å². The molecule has 0 amide bonds. The molecule has 3 rings (SSSR count). The third kappa shape index (κ3) is 4.97. The Labute approximate surface area is 160 Å². The number of ether oxygens (including phenoxy) is 1. The summed E-state index contributed by atoms with van der Waals surface area (Å²) in [5, 5.41) is 6.80. The van der Waals surface area contributed by atoms with E-state index in [-0.39, 0.29) is 0 Å². The van der Waals surface area contributed by atoms with Gasteiger partial charge in [0.2, 0.25) is 0 Å². The quantitative estimate of drug-likeness (QED) is 0.632. The number of methoxy groups -OCH3 is 1. The Morgan fingerprint density at radius 1 is 0.926 bits per heavy atom. The second kappa shape index (κ2) is 8.54. The van der Waals surface area contributed by atoms with Crippen molar-refractivity contribution in [1.29, 1.82) is 0 Å². The average Bonchev–Trinajstić information content (AvgIpc) is 2.66. The van der Waals surface area contributed by atoms with E-state index in [0.717, 1.165) is 41.9 Å².